The van der Waals surface area contributed by atoms with Crippen LogP contribution in [0, 0.1) is 0 Å². The Morgan fingerprint density at radius 2 is 2.19 bits per heavy atom. The van der Waals surface area contributed by atoms with Crippen LogP contribution >= 0.6 is 11.6 Å². The van der Waals surface area contributed by atoms with E-state index in [-0.39, 0.29) is 12.6 Å². The van der Waals surface area contributed by atoms with Crippen molar-refractivity contribution in [2.45, 2.75) is 19.1 Å². The van der Waals surface area contributed by atoms with Gasteiger partial charge < -0.3 is 15.2 Å². The third kappa shape index (κ3) is 5.34. The number of benzene rings is 1. The third-order valence-electron chi connectivity index (χ3n) is 3.08. The lowest BCUT2D eigenvalue weighted by molar-refractivity contribution is 0.104. The number of rotatable bonds is 7. The first-order valence-corrected chi connectivity index (χ1v) is 7.22. The minimum atomic E-state index is -0.594. The Labute approximate surface area is 129 Å². The number of halogens is 1. The van der Waals surface area contributed by atoms with Crippen molar-refractivity contribution in [2.75, 3.05) is 13.2 Å². The maximum atomic E-state index is 9.94. The lowest BCUT2D eigenvalue weighted by Crippen LogP contribution is -2.33. The Kier molecular flexibility index (Phi) is 5.99. The van der Waals surface area contributed by atoms with Crippen molar-refractivity contribution in [3.8, 4) is 5.75 Å². The summed E-state index contributed by atoms with van der Waals surface area (Å²) in [5, 5.41) is 13.8. The summed E-state index contributed by atoms with van der Waals surface area (Å²) in [6.07, 6.45) is 2.96. The van der Waals surface area contributed by atoms with Crippen LogP contribution < -0.4 is 10.1 Å². The van der Waals surface area contributed by atoms with Crippen LogP contribution in [0.2, 0.25) is 5.02 Å². The summed E-state index contributed by atoms with van der Waals surface area (Å²) in [7, 11) is 0. The van der Waals surface area contributed by atoms with Gasteiger partial charge in [-0.15, -0.1) is 0 Å². The number of nitrogens with zero attached hydrogens (tertiary/aromatic N) is 1. The molecule has 2 atom stereocenters. The van der Waals surface area contributed by atoms with Crippen molar-refractivity contribution < 1.29 is 9.84 Å². The van der Waals surface area contributed by atoms with Gasteiger partial charge in [0.05, 0.1) is 0 Å². The molecule has 0 aliphatic rings. The Balaban J connectivity index is 1.73. The molecular formula is C16H19ClN2O2. The van der Waals surface area contributed by atoms with Gasteiger partial charge in [0.15, 0.2) is 0 Å². The van der Waals surface area contributed by atoms with Crippen molar-refractivity contribution in [1.29, 1.82) is 0 Å². The average molecular weight is 307 g/mol. The summed E-state index contributed by atoms with van der Waals surface area (Å²) in [5.41, 5.74) is 1.08. The molecule has 0 amide bonds. The normalized spacial score (nSPS) is 13.7. The Bertz CT molecular complexity index is 551. The zero-order valence-electron chi connectivity index (χ0n) is 11.9. The van der Waals surface area contributed by atoms with Crippen LogP contribution in [0.5, 0.6) is 5.75 Å². The van der Waals surface area contributed by atoms with E-state index in [1.54, 1.807) is 18.3 Å². The molecule has 1 unspecified atom stereocenters. The highest BCUT2D eigenvalue weighted by Crippen LogP contribution is 2.17. The molecule has 1 aromatic heterocycles. The molecule has 21 heavy (non-hydrogen) atoms. The van der Waals surface area contributed by atoms with Gasteiger partial charge in [0.1, 0.15) is 18.5 Å². The molecule has 112 valence electrons. The van der Waals surface area contributed by atoms with E-state index in [0.717, 1.165) is 5.56 Å². The minimum absolute atomic E-state index is 0.125. The predicted octanol–water partition coefficient (Wildman–Crippen LogP) is 2.83. The summed E-state index contributed by atoms with van der Waals surface area (Å²) in [6, 6.07) is 11.1. The van der Waals surface area contributed by atoms with Crippen LogP contribution in [0.15, 0.2) is 48.8 Å². The maximum Gasteiger partial charge on any atom is 0.120 e. The smallest absolute Gasteiger partial charge is 0.120 e. The van der Waals surface area contributed by atoms with E-state index in [9.17, 15) is 5.11 Å². The number of aliphatic hydroxyl groups excluding tert-OH is 1. The molecule has 0 fully saturated rings. The van der Waals surface area contributed by atoms with Gasteiger partial charge in [-0.25, -0.2) is 0 Å². The highest BCUT2D eigenvalue weighted by molar-refractivity contribution is 6.30. The molecule has 2 rings (SSSR count). The van der Waals surface area contributed by atoms with Gasteiger partial charge in [-0.1, -0.05) is 23.7 Å². The van der Waals surface area contributed by atoms with Crippen LogP contribution in [0.25, 0.3) is 0 Å². The van der Waals surface area contributed by atoms with Crippen molar-refractivity contribution >= 4 is 11.6 Å². The second-order valence-corrected chi connectivity index (χ2v) is 5.27. The molecule has 0 aliphatic heterocycles. The molecule has 1 aromatic carbocycles. The quantitative estimate of drug-likeness (QED) is 0.826. The maximum absolute atomic E-state index is 9.94. The summed E-state index contributed by atoms with van der Waals surface area (Å²) >= 11 is 5.87. The zero-order chi connectivity index (χ0) is 15.1. The summed E-state index contributed by atoms with van der Waals surface area (Å²) in [5.74, 6) is 0.654. The fourth-order valence-corrected chi connectivity index (χ4v) is 2.05. The molecule has 0 bridgehead atoms. The van der Waals surface area contributed by atoms with Crippen LogP contribution in [0.1, 0.15) is 18.5 Å². The fourth-order valence-electron chi connectivity index (χ4n) is 1.87. The lowest BCUT2D eigenvalue weighted by atomic mass is 10.1. The largest absolute Gasteiger partial charge is 0.491 e. The van der Waals surface area contributed by atoms with Crippen molar-refractivity contribution in [2.24, 2.45) is 0 Å². The summed E-state index contributed by atoms with van der Waals surface area (Å²) < 4.78 is 5.50. The molecule has 2 aromatic rings. The van der Waals surface area contributed by atoms with E-state index in [4.69, 9.17) is 16.3 Å². The number of hydrogen-bond acceptors (Lipinski definition) is 4. The summed E-state index contributed by atoms with van der Waals surface area (Å²) in [6.45, 7) is 2.69. The fraction of sp³-hybridized carbons (Fsp3) is 0.312. The van der Waals surface area contributed by atoms with E-state index in [0.29, 0.717) is 17.3 Å². The monoisotopic (exact) mass is 306 g/mol. The third-order valence-corrected chi connectivity index (χ3v) is 3.32. The van der Waals surface area contributed by atoms with Gasteiger partial charge in [-0.05, 0) is 36.8 Å². The Hall–Kier alpha value is -1.62. The van der Waals surface area contributed by atoms with Crippen molar-refractivity contribution in [3.05, 3.63) is 59.4 Å². The van der Waals surface area contributed by atoms with Crippen molar-refractivity contribution in [1.82, 2.24) is 10.3 Å². The zero-order valence-corrected chi connectivity index (χ0v) is 12.6. The minimum Gasteiger partial charge on any atom is -0.491 e. The van der Waals surface area contributed by atoms with Gasteiger partial charge in [0.2, 0.25) is 0 Å². The molecule has 0 aliphatic carbocycles. The first-order valence-electron chi connectivity index (χ1n) is 6.85. The van der Waals surface area contributed by atoms with Crippen LogP contribution in [0.4, 0.5) is 0 Å². The average Bonchev–Trinajstić information content (AvgIpc) is 2.51. The van der Waals surface area contributed by atoms with E-state index in [1.165, 1.54) is 0 Å². The van der Waals surface area contributed by atoms with E-state index in [1.807, 2.05) is 37.4 Å². The predicted molar refractivity (Wildman–Crippen MR) is 83.6 cm³/mol. The Morgan fingerprint density at radius 3 is 2.90 bits per heavy atom. The molecule has 1 heterocycles. The molecule has 0 saturated carbocycles. The highest BCUT2D eigenvalue weighted by atomic mass is 35.5. The van der Waals surface area contributed by atoms with E-state index >= 15 is 0 Å². The lowest BCUT2D eigenvalue weighted by Gasteiger charge is -2.17. The number of pyridine rings is 1. The molecule has 0 radical (unpaired) electrons. The molecule has 5 heteroatoms. The number of ether oxygens (including phenoxy) is 1. The topological polar surface area (TPSA) is 54.4 Å². The number of nitrogens with one attached hydrogen (secondary N) is 1. The van der Waals surface area contributed by atoms with Gasteiger partial charge in [-0.2, -0.15) is 0 Å². The highest BCUT2D eigenvalue weighted by Gasteiger charge is 2.09. The van der Waals surface area contributed by atoms with E-state index < -0.39 is 6.10 Å². The Morgan fingerprint density at radius 1 is 1.33 bits per heavy atom. The van der Waals surface area contributed by atoms with Crippen molar-refractivity contribution in [3.63, 3.8) is 0 Å². The van der Waals surface area contributed by atoms with Gasteiger partial charge in [0.25, 0.3) is 0 Å². The second kappa shape index (κ2) is 7.98. The number of aromatic nitrogens is 1. The number of aliphatic hydroxyl groups is 1. The van der Waals surface area contributed by atoms with Crippen LogP contribution in [0.3, 0.4) is 0 Å². The first kappa shape index (κ1) is 15.8. The second-order valence-electron chi connectivity index (χ2n) is 4.84. The van der Waals surface area contributed by atoms with Gasteiger partial charge in [0, 0.05) is 30.0 Å². The van der Waals surface area contributed by atoms with Gasteiger partial charge in [-0.3, -0.25) is 4.98 Å². The van der Waals surface area contributed by atoms with Gasteiger partial charge >= 0.3 is 0 Å². The SMILES string of the molecule is C[C@@H](NCC(O)COc1cccc(Cl)c1)c1cccnc1. The first-order chi connectivity index (χ1) is 10.1. The number of hydrogen-bond donors (Lipinski definition) is 2. The van der Waals surface area contributed by atoms with Crippen LogP contribution in [-0.4, -0.2) is 29.3 Å². The molecule has 0 saturated heterocycles. The molecule has 2 N–H and O–H groups in total. The van der Waals surface area contributed by atoms with E-state index in [2.05, 4.69) is 10.3 Å². The standard InChI is InChI=1S/C16H19ClN2O2/c1-12(13-4-3-7-18-9-13)19-10-15(20)11-21-16-6-2-5-14(17)8-16/h2-9,12,15,19-20H,10-11H2,1H3/t12-,15?/m1/s1. The molecular weight excluding hydrogens is 288 g/mol. The molecule has 0 spiro atoms. The summed E-state index contributed by atoms with van der Waals surface area (Å²) in [4.78, 5) is 4.08. The molecule has 4 nitrogen and oxygen atoms in total. The van der Waals surface area contributed by atoms with Crippen LogP contribution in [-0.2, 0) is 0 Å².